The predicted molar refractivity (Wildman–Crippen MR) is 78.3 cm³/mol. The zero-order valence-corrected chi connectivity index (χ0v) is 12.6. The van der Waals surface area contributed by atoms with Crippen LogP contribution in [0.3, 0.4) is 0 Å². The molecule has 1 saturated heterocycles. The molecule has 2 atom stereocenters. The van der Waals surface area contributed by atoms with Gasteiger partial charge in [-0.05, 0) is 39.8 Å². The Labute approximate surface area is 120 Å². The molecule has 0 radical (unpaired) electrons. The van der Waals surface area contributed by atoms with Crippen molar-refractivity contribution >= 4 is 11.7 Å². The Morgan fingerprint density at radius 1 is 1.50 bits per heavy atom. The van der Waals surface area contributed by atoms with E-state index in [4.69, 9.17) is 4.74 Å². The molecule has 1 unspecified atom stereocenters. The molecule has 5 nitrogen and oxygen atoms in total. The van der Waals surface area contributed by atoms with E-state index in [-0.39, 0.29) is 18.2 Å². The lowest BCUT2D eigenvalue weighted by molar-refractivity contribution is -0.159. The third-order valence-electron chi connectivity index (χ3n) is 3.22. The average molecular weight is 277 g/mol. The topological polar surface area (TPSA) is 63.2 Å². The highest BCUT2D eigenvalue weighted by Crippen LogP contribution is 2.20. The van der Waals surface area contributed by atoms with Crippen molar-refractivity contribution in [3.8, 4) is 0 Å². The van der Waals surface area contributed by atoms with Crippen LogP contribution < -0.4 is 10.6 Å². The van der Waals surface area contributed by atoms with E-state index in [1.54, 1.807) is 6.20 Å². The summed E-state index contributed by atoms with van der Waals surface area (Å²) in [5, 5.41) is 6.65. The van der Waals surface area contributed by atoms with Crippen LogP contribution in [-0.2, 0) is 9.53 Å². The fraction of sp³-hybridized carbons (Fsp3) is 0.600. The van der Waals surface area contributed by atoms with Crippen molar-refractivity contribution in [2.24, 2.45) is 5.41 Å². The van der Waals surface area contributed by atoms with E-state index in [1.807, 2.05) is 39.8 Å². The number of ether oxygens (including phenoxy) is 1. The molecule has 2 heterocycles. The Morgan fingerprint density at radius 2 is 2.25 bits per heavy atom. The zero-order valence-electron chi connectivity index (χ0n) is 12.6. The minimum Gasteiger partial charge on any atom is -0.446 e. The Kier molecular flexibility index (Phi) is 4.28. The number of carbonyl (C=O) groups is 1. The smallest absolute Gasteiger partial charge is 0.312 e. The minimum absolute atomic E-state index is 0.171. The molecule has 0 aromatic carbocycles. The van der Waals surface area contributed by atoms with Crippen molar-refractivity contribution in [3.05, 3.63) is 24.0 Å². The first kappa shape index (κ1) is 14.8. The van der Waals surface area contributed by atoms with Gasteiger partial charge in [0.1, 0.15) is 0 Å². The fourth-order valence-corrected chi connectivity index (χ4v) is 2.08. The molecule has 110 valence electrons. The van der Waals surface area contributed by atoms with Gasteiger partial charge in [-0.2, -0.15) is 0 Å². The first-order chi connectivity index (χ1) is 9.34. The lowest BCUT2D eigenvalue weighted by Crippen LogP contribution is -2.33. The highest BCUT2D eigenvalue weighted by Gasteiger charge is 2.31. The van der Waals surface area contributed by atoms with Crippen LogP contribution >= 0.6 is 0 Å². The Hall–Kier alpha value is -1.62. The van der Waals surface area contributed by atoms with E-state index in [1.165, 1.54) is 0 Å². The molecule has 20 heavy (non-hydrogen) atoms. The highest BCUT2D eigenvalue weighted by atomic mass is 16.6. The van der Waals surface area contributed by atoms with Crippen molar-refractivity contribution in [1.29, 1.82) is 0 Å². The van der Waals surface area contributed by atoms with Gasteiger partial charge in [-0.25, -0.2) is 0 Å². The number of aryl methyl sites for hydroxylation is 1. The summed E-state index contributed by atoms with van der Waals surface area (Å²) in [6, 6.07) is 4.21. The van der Waals surface area contributed by atoms with Gasteiger partial charge in [-0.3, -0.25) is 15.1 Å². The lowest BCUT2D eigenvalue weighted by atomic mass is 9.97. The maximum Gasteiger partial charge on any atom is 0.312 e. The molecule has 1 aliphatic rings. The van der Waals surface area contributed by atoms with Gasteiger partial charge in [0.2, 0.25) is 0 Å². The summed E-state index contributed by atoms with van der Waals surface area (Å²) in [7, 11) is 0. The summed E-state index contributed by atoms with van der Waals surface area (Å²) in [6.07, 6.45) is 2.35. The number of rotatable bonds is 3. The predicted octanol–water partition coefficient (Wildman–Crippen LogP) is 2.08. The van der Waals surface area contributed by atoms with Crippen LogP contribution in [0.15, 0.2) is 18.3 Å². The maximum absolute atomic E-state index is 11.8. The molecule has 0 aliphatic carbocycles. The van der Waals surface area contributed by atoms with Crippen LogP contribution in [0.2, 0.25) is 0 Å². The summed E-state index contributed by atoms with van der Waals surface area (Å²) < 4.78 is 5.47. The summed E-state index contributed by atoms with van der Waals surface area (Å²) in [6.45, 7) is 8.33. The van der Waals surface area contributed by atoms with Gasteiger partial charge in [0.15, 0.2) is 6.23 Å². The minimum atomic E-state index is -0.463. The van der Waals surface area contributed by atoms with Crippen molar-refractivity contribution in [2.45, 2.75) is 46.4 Å². The number of nitrogens with zero attached hydrogens (tertiary/aromatic N) is 1. The van der Waals surface area contributed by atoms with Crippen LogP contribution in [0.1, 0.15) is 32.9 Å². The Balaban J connectivity index is 1.85. The van der Waals surface area contributed by atoms with E-state index in [2.05, 4.69) is 15.6 Å². The quantitative estimate of drug-likeness (QED) is 0.828. The molecular weight excluding hydrogens is 254 g/mol. The van der Waals surface area contributed by atoms with E-state index in [0.717, 1.165) is 24.3 Å². The number of pyridine rings is 1. The van der Waals surface area contributed by atoms with Crippen LogP contribution in [-0.4, -0.2) is 29.8 Å². The standard InChI is InChI=1S/C15H23N3O2/c1-10-7-11(5-6-16-10)18-12-8-13(17-9-12)20-14(19)15(2,3)4/h5-7,12-13,17H,8-9H2,1-4H3,(H,16,18)/t12-,13?/m0/s1. The normalized spacial score (nSPS) is 22.6. The van der Waals surface area contributed by atoms with Crippen LogP contribution in [0.4, 0.5) is 5.69 Å². The van der Waals surface area contributed by atoms with Gasteiger partial charge in [0, 0.05) is 36.6 Å². The summed E-state index contributed by atoms with van der Waals surface area (Å²) in [5.41, 5.74) is 1.57. The van der Waals surface area contributed by atoms with E-state index in [0.29, 0.717) is 0 Å². The SMILES string of the molecule is Cc1cc(N[C@@H]2CNC(OC(=O)C(C)(C)C)C2)ccn1. The van der Waals surface area contributed by atoms with Gasteiger partial charge in [-0.15, -0.1) is 0 Å². The molecule has 0 spiro atoms. The molecule has 2 N–H and O–H groups in total. The van der Waals surface area contributed by atoms with Gasteiger partial charge >= 0.3 is 5.97 Å². The molecular formula is C15H23N3O2. The third-order valence-corrected chi connectivity index (χ3v) is 3.22. The Bertz CT molecular complexity index is 482. The van der Waals surface area contributed by atoms with Crippen LogP contribution in [0, 0.1) is 12.3 Å². The highest BCUT2D eigenvalue weighted by molar-refractivity contribution is 5.75. The zero-order chi connectivity index (χ0) is 14.8. The van der Waals surface area contributed by atoms with Crippen molar-refractivity contribution < 1.29 is 9.53 Å². The van der Waals surface area contributed by atoms with Gasteiger partial charge in [0.25, 0.3) is 0 Å². The van der Waals surface area contributed by atoms with E-state index < -0.39 is 5.41 Å². The number of hydrogen-bond acceptors (Lipinski definition) is 5. The van der Waals surface area contributed by atoms with Crippen molar-refractivity contribution in [1.82, 2.24) is 10.3 Å². The van der Waals surface area contributed by atoms with Gasteiger partial charge < -0.3 is 10.1 Å². The first-order valence-electron chi connectivity index (χ1n) is 6.98. The second-order valence-electron chi connectivity index (χ2n) is 6.32. The van der Waals surface area contributed by atoms with Crippen LogP contribution in [0.5, 0.6) is 0 Å². The molecule has 1 aliphatic heterocycles. The molecule has 1 aromatic rings. The fourth-order valence-electron chi connectivity index (χ4n) is 2.08. The van der Waals surface area contributed by atoms with Crippen molar-refractivity contribution in [2.75, 3.05) is 11.9 Å². The van der Waals surface area contributed by atoms with Crippen LogP contribution in [0.25, 0.3) is 0 Å². The Morgan fingerprint density at radius 3 is 2.90 bits per heavy atom. The number of hydrogen-bond donors (Lipinski definition) is 2. The first-order valence-corrected chi connectivity index (χ1v) is 6.98. The van der Waals surface area contributed by atoms with E-state index >= 15 is 0 Å². The number of anilines is 1. The molecule has 0 bridgehead atoms. The second kappa shape index (κ2) is 5.79. The monoisotopic (exact) mass is 277 g/mol. The van der Waals surface area contributed by atoms with Gasteiger partial charge in [0.05, 0.1) is 5.41 Å². The average Bonchev–Trinajstić information content (AvgIpc) is 2.75. The molecule has 2 rings (SSSR count). The molecule has 0 amide bonds. The molecule has 5 heteroatoms. The molecule has 0 saturated carbocycles. The largest absolute Gasteiger partial charge is 0.446 e. The molecule has 1 fully saturated rings. The molecule has 1 aromatic heterocycles. The second-order valence-corrected chi connectivity index (χ2v) is 6.32. The summed E-state index contributed by atoms with van der Waals surface area (Å²) in [4.78, 5) is 16.0. The summed E-state index contributed by atoms with van der Waals surface area (Å²) >= 11 is 0. The van der Waals surface area contributed by atoms with Crippen molar-refractivity contribution in [3.63, 3.8) is 0 Å². The number of aromatic nitrogens is 1. The van der Waals surface area contributed by atoms with E-state index in [9.17, 15) is 4.79 Å². The van der Waals surface area contributed by atoms with Gasteiger partial charge in [-0.1, -0.05) is 0 Å². The lowest BCUT2D eigenvalue weighted by Gasteiger charge is -2.20. The third kappa shape index (κ3) is 3.93. The summed E-state index contributed by atoms with van der Waals surface area (Å²) in [5.74, 6) is -0.171. The number of esters is 1. The maximum atomic E-state index is 11.8. The number of carbonyl (C=O) groups excluding carboxylic acids is 1. The number of nitrogens with one attached hydrogen (secondary N) is 2.